The Hall–Kier alpha value is -1.95. The van der Waals surface area contributed by atoms with Crippen LogP contribution in [0.4, 0.5) is 11.5 Å². The van der Waals surface area contributed by atoms with Crippen molar-refractivity contribution in [2.75, 3.05) is 11.9 Å². The minimum absolute atomic E-state index is 0.0735. The van der Waals surface area contributed by atoms with Crippen LogP contribution in [0.2, 0.25) is 0 Å². The maximum absolute atomic E-state index is 11.2. The second-order valence-corrected chi connectivity index (χ2v) is 4.97. The Bertz CT molecular complexity index is 631. The van der Waals surface area contributed by atoms with Crippen molar-refractivity contribution in [3.63, 3.8) is 0 Å². The van der Waals surface area contributed by atoms with E-state index < -0.39 is 5.97 Å². The number of aromatic nitrogens is 2. The fourth-order valence-electron chi connectivity index (χ4n) is 1.80. The first-order chi connectivity index (χ1) is 9.00. The summed E-state index contributed by atoms with van der Waals surface area (Å²) >= 11 is 3.41. The van der Waals surface area contributed by atoms with Gasteiger partial charge in [0.15, 0.2) is 5.82 Å². The van der Waals surface area contributed by atoms with Crippen LogP contribution in [0.25, 0.3) is 0 Å². The van der Waals surface area contributed by atoms with Gasteiger partial charge in [-0.1, -0.05) is 22.0 Å². The molecule has 19 heavy (non-hydrogen) atoms. The maximum atomic E-state index is 11.2. The second-order valence-electron chi connectivity index (χ2n) is 4.06. The zero-order chi connectivity index (χ0) is 14.0. The van der Waals surface area contributed by atoms with E-state index in [-0.39, 0.29) is 5.56 Å². The van der Waals surface area contributed by atoms with Crippen molar-refractivity contribution in [1.82, 2.24) is 9.97 Å². The van der Waals surface area contributed by atoms with Crippen LogP contribution in [0.3, 0.4) is 0 Å². The van der Waals surface area contributed by atoms with E-state index in [1.54, 1.807) is 11.9 Å². The molecule has 0 saturated heterocycles. The number of aromatic carboxylic acids is 1. The van der Waals surface area contributed by atoms with Gasteiger partial charge in [-0.2, -0.15) is 0 Å². The lowest BCUT2D eigenvalue weighted by atomic mass is 10.1. The highest BCUT2D eigenvalue weighted by molar-refractivity contribution is 9.10. The molecule has 5 nitrogen and oxygen atoms in total. The first-order valence-electron chi connectivity index (χ1n) is 5.54. The Labute approximate surface area is 119 Å². The fraction of sp³-hybridized carbons (Fsp3) is 0.154. The van der Waals surface area contributed by atoms with E-state index in [0.717, 1.165) is 15.7 Å². The molecule has 0 spiro atoms. The Kier molecular flexibility index (Phi) is 3.80. The molecule has 0 unspecified atom stereocenters. The fourth-order valence-corrected chi connectivity index (χ4v) is 2.15. The average molecular weight is 322 g/mol. The number of carbonyl (C=O) groups is 1. The van der Waals surface area contributed by atoms with Gasteiger partial charge in [0.1, 0.15) is 11.9 Å². The highest BCUT2D eigenvalue weighted by Crippen LogP contribution is 2.29. The topological polar surface area (TPSA) is 66.3 Å². The molecular weight excluding hydrogens is 310 g/mol. The van der Waals surface area contributed by atoms with E-state index >= 15 is 0 Å². The summed E-state index contributed by atoms with van der Waals surface area (Å²) in [5.74, 6) is -0.682. The molecule has 0 bridgehead atoms. The molecule has 98 valence electrons. The molecule has 1 N–H and O–H groups in total. The van der Waals surface area contributed by atoms with Crippen LogP contribution in [0, 0.1) is 6.92 Å². The maximum Gasteiger partial charge on any atom is 0.341 e. The highest BCUT2D eigenvalue weighted by Gasteiger charge is 2.17. The lowest BCUT2D eigenvalue weighted by molar-refractivity contribution is 0.0697. The third-order valence-electron chi connectivity index (χ3n) is 2.77. The Morgan fingerprint density at radius 2 is 2.16 bits per heavy atom. The SMILES string of the molecule is Cc1ccc(Br)cc1N(C)c1ncncc1C(=O)O. The number of anilines is 2. The number of hydrogen-bond donors (Lipinski definition) is 1. The number of rotatable bonds is 3. The van der Waals surface area contributed by atoms with E-state index in [1.165, 1.54) is 12.5 Å². The molecular formula is C13H12BrN3O2. The van der Waals surface area contributed by atoms with E-state index in [4.69, 9.17) is 5.11 Å². The summed E-state index contributed by atoms with van der Waals surface area (Å²) in [6.07, 6.45) is 2.64. The Morgan fingerprint density at radius 3 is 2.84 bits per heavy atom. The Balaban J connectivity index is 2.53. The van der Waals surface area contributed by atoms with Gasteiger partial charge in [-0.3, -0.25) is 0 Å². The second kappa shape index (κ2) is 5.36. The van der Waals surface area contributed by atoms with Crippen molar-refractivity contribution in [2.24, 2.45) is 0 Å². The molecule has 0 amide bonds. The summed E-state index contributed by atoms with van der Waals surface area (Å²) in [7, 11) is 1.78. The van der Waals surface area contributed by atoms with Gasteiger partial charge < -0.3 is 10.0 Å². The first kappa shape index (κ1) is 13.5. The third kappa shape index (κ3) is 2.73. The third-order valence-corrected chi connectivity index (χ3v) is 3.27. The number of aryl methyl sites for hydroxylation is 1. The summed E-state index contributed by atoms with van der Waals surface area (Å²) in [5.41, 5.74) is 1.99. The molecule has 0 radical (unpaired) electrons. The van der Waals surface area contributed by atoms with Gasteiger partial charge >= 0.3 is 5.97 Å². The van der Waals surface area contributed by atoms with Crippen LogP contribution < -0.4 is 4.90 Å². The number of carboxylic acids is 1. The van der Waals surface area contributed by atoms with Crippen LogP contribution in [-0.4, -0.2) is 28.1 Å². The molecule has 2 aromatic rings. The molecule has 1 aromatic carbocycles. The largest absolute Gasteiger partial charge is 0.477 e. The zero-order valence-corrected chi connectivity index (χ0v) is 12.0. The summed E-state index contributed by atoms with van der Waals surface area (Å²) in [4.78, 5) is 20.8. The van der Waals surface area contributed by atoms with Crippen molar-refractivity contribution >= 4 is 33.4 Å². The van der Waals surface area contributed by atoms with Gasteiger partial charge in [0.05, 0.1) is 0 Å². The summed E-state index contributed by atoms with van der Waals surface area (Å²) in [6.45, 7) is 1.96. The van der Waals surface area contributed by atoms with Gasteiger partial charge in [0, 0.05) is 23.4 Å². The normalized spacial score (nSPS) is 10.3. The average Bonchev–Trinajstić information content (AvgIpc) is 2.40. The predicted octanol–water partition coefficient (Wildman–Crippen LogP) is 3.01. The molecule has 2 rings (SSSR count). The number of carboxylic acid groups (broad SMARTS) is 1. The quantitative estimate of drug-likeness (QED) is 0.941. The minimum atomic E-state index is -1.05. The molecule has 0 aliphatic rings. The van der Waals surface area contributed by atoms with Gasteiger partial charge in [-0.05, 0) is 24.6 Å². The van der Waals surface area contributed by atoms with Gasteiger partial charge in [-0.15, -0.1) is 0 Å². The highest BCUT2D eigenvalue weighted by atomic mass is 79.9. The van der Waals surface area contributed by atoms with Crippen LogP contribution >= 0.6 is 15.9 Å². The van der Waals surface area contributed by atoms with E-state index in [9.17, 15) is 4.79 Å². The van der Waals surface area contributed by atoms with Crippen molar-refractivity contribution in [3.8, 4) is 0 Å². The number of hydrogen-bond acceptors (Lipinski definition) is 4. The molecule has 0 saturated carbocycles. The zero-order valence-electron chi connectivity index (χ0n) is 10.5. The van der Waals surface area contributed by atoms with Crippen molar-refractivity contribution in [1.29, 1.82) is 0 Å². The molecule has 1 aromatic heterocycles. The summed E-state index contributed by atoms with van der Waals surface area (Å²) < 4.78 is 0.922. The number of benzene rings is 1. The van der Waals surface area contributed by atoms with Crippen molar-refractivity contribution in [3.05, 3.63) is 46.3 Å². The molecule has 6 heteroatoms. The van der Waals surface area contributed by atoms with E-state index in [2.05, 4.69) is 25.9 Å². The van der Waals surface area contributed by atoms with Crippen LogP contribution in [0.1, 0.15) is 15.9 Å². The smallest absolute Gasteiger partial charge is 0.341 e. The standard InChI is InChI=1S/C13H12BrN3O2/c1-8-3-4-9(14)5-11(8)17(2)12-10(13(18)19)6-15-7-16-12/h3-7H,1-2H3,(H,18,19). The number of nitrogens with zero attached hydrogens (tertiary/aromatic N) is 3. The molecule has 0 aliphatic heterocycles. The van der Waals surface area contributed by atoms with Crippen LogP contribution in [-0.2, 0) is 0 Å². The lowest BCUT2D eigenvalue weighted by Gasteiger charge is -2.21. The number of halogens is 1. The van der Waals surface area contributed by atoms with Crippen LogP contribution in [0.5, 0.6) is 0 Å². The van der Waals surface area contributed by atoms with Gasteiger partial charge in [0.2, 0.25) is 0 Å². The van der Waals surface area contributed by atoms with Crippen molar-refractivity contribution < 1.29 is 9.90 Å². The minimum Gasteiger partial charge on any atom is -0.477 e. The summed E-state index contributed by atoms with van der Waals surface area (Å²) in [6, 6.07) is 5.81. The van der Waals surface area contributed by atoms with E-state index in [1.807, 2.05) is 25.1 Å². The lowest BCUT2D eigenvalue weighted by Crippen LogP contribution is -2.17. The van der Waals surface area contributed by atoms with Gasteiger partial charge in [0.25, 0.3) is 0 Å². The molecule has 1 heterocycles. The molecule has 0 aliphatic carbocycles. The predicted molar refractivity (Wildman–Crippen MR) is 75.9 cm³/mol. The molecule has 0 fully saturated rings. The summed E-state index contributed by atoms with van der Waals surface area (Å²) in [5, 5.41) is 9.17. The van der Waals surface area contributed by atoms with Gasteiger partial charge in [-0.25, -0.2) is 14.8 Å². The van der Waals surface area contributed by atoms with Crippen molar-refractivity contribution in [2.45, 2.75) is 6.92 Å². The molecule has 0 atom stereocenters. The first-order valence-corrected chi connectivity index (χ1v) is 6.33. The monoisotopic (exact) mass is 321 g/mol. The van der Waals surface area contributed by atoms with E-state index in [0.29, 0.717) is 5.82 Å². The Morgan fingerprint density at radius 1 is 1.42 bits per heavy atom. The van der Waals surface area contributed by atoms with Crippen LogP contribution in [0.15, 0.2) is 35.2 Å².